The summed E-state index contributed by atoms with van der Waals surface area (Å²) in [5.74, 6) is 2.20. The second-order valence-corrected chi connectivity index (χ2v) is 6.49. The van der Waals surface area contributed by atoms with Gasteiger partial charge < -0.3 is 18.9 Å². The van der Waals surface area contributed by atoms with Gasteiger partial charge in [-0.3, -0.25) is 4.79 Å². The summed E-state index contributed by atoms with van der Waals surface area (Å²) in [5, 5.41) is 0. The van der Waals surface area contributed by atoms with Crippen molar-refractivity contribution in [3.63, 3.8) is 0 Å². The number of methoxy groups -OCH3 is 2. The predicted octanol–water partition coefficient (Wildman–Crippen LogP) is 4.90. The Labute approximate surface area is 169 Å². The van der Waals surface area contributed by atoms with Crippen LogP contribution in [0.1, 0.15) is 21.5 Å². The second-order valence-electron chi connectivity index (χ2n) is 6.49. The van der Waals surface area contributed by atoms with E-state index in [1.807, 2.05) is 54.6 Å². The SMILES string of the molecule is COc1cc(OC)c2c(c1)O/C(=C/c1ccc(OCc3ccccc3)cc1)C2=O. The minimum Gasteiger partial charge on any atom is -0.496 e. The van der Waals surface area contributed by atoms with Crippen LogP contribution in [0.15, 0.2) is 72.5 Å². The first kappa shape index (κ1) is 18.6. The van der Waals surface area contributed by atoms with Gasteiger partial charge in [-0.15, -0.1) is 0 Å². The minimum atomic E-state index is -0.219. The van der Waals surface area contributed by atoms with Crippen LogP contribution in [0.2, 0.25) is 0 Å². The van der Waals surface area contributed by atoms with Gasteiger partial charge in [0.2, 0.25) is 5.78 Å². The van der Waals surface area contributed by atoms with E-state index in [1.165, 1.54) is 7.11 Å². The summed E-state index contributed by atoms with van der Waals surface area (Å²) in [6.07, 6.45) is 1.70. The molecule has 1 aliphatic heterocycles. The van der Waals surface area contributed by atoms with E-state index in [9.17, 15) is 4.79 Å². The molecule has 0 radical (unpaired) electrons. The molecule has 0 saturated heterocycles. The molecule has 0 saturated carbocycles. The molecular weight excluding hydrogens is 368 g/mol. The summed E-state index contributed by atoms with van der Waals surface area (Å²) < 4.78 is 22.1. The van der Waals surface area contributed by atoms with Crippen molar-refractivity contribution in [2.75, 3.05) is 14.2 Å². The Morgan fingerprint density at radius 3 is 2.34 bits per heavy atom. The average molecular weight is 388 g/mol. The monoisotopic (exact) mass is 388 g/mol. The van der Waals surface area contributed by atoms with E-state index in [1.54, 1.807) is 25.3 Å². The standard InChI is InChI=1S/C24H20O5/c1-26-19-13-20(27-2)23-21(14-19)29-22(24(23)25)12-16-8-10-18(11-9-16)28-15-17-6-4-3-5-7-17/h3-14H,15H2,1-2H3/b22-12+. The molecule has 146 valence electrons. The maximum atomic E-state index is 12.8. The van der Waals surface area contributed by atoms with Gasteiger partial charge in [0.05, 0.1) is 14.2 Å². The quantitative estimate of drug-likeness (QED) is 0.562. The normalized spacial score (nSPS) is 13.7. The molecule has 5 nitrogen and oxygen atoms in total. The molecule has 1 aliphatic rings. The largest absolute Gasteiger partial charge is 0.496 e. The van der Waals surface area contributed by atoms with Gasteiger partial charge in [0, 0.05) is 12.1 Å². The fourth-order valence-corrected chi connectivity index (χ4v) is 3.08. The molecule has 29 heavy (non-hydrogen) atoms. The summed E-state index contributed by atoms with van der Waals surface area (Å²) >= 11 is 0. The van der Waals surface area contributed by atoms with Gasteiger partial charge in [-0.25, -0.2) is 0 Å². The number of fused-ring (bicyclic) bond motifs is 1. The molecule has 4 rings (SSSR count). The van der Waals surface area contributed by atoms with Crippen LogP contribution in [0.5, 0.6) is 23.0 Å². The number of carbonyl (C=O) groups is 1. The topological polar surface area (TPSA) is 54.0 Å². The molecule has 0 spiro atoms. The van der Waals surface area contributed by atoms with Crippen molar-refractivity contribution in [3.8, 4) is 23.0 Å². The molecule has 3 aromatic carbocycles. The summed E-state index contributed by atoms with van der Waals surface area (Å²) in [6, 6.07) is 20.8. The summed E-state index contributed by atoms with van der Waals surface area (Å²) in [5.41, 5.74) is 2.34. The lowest BCUT2D eigenvalue weighted by molar-refractivity contribution is 0.101. The summed E-state index contributed by atoms with van der Waals surface area (Å²) in [4.78, 5) is 12.8. The zero-order chi connectivity index (χ0) is 20.2. The number of rotatable bonds is 6. The third-order valence-corrected chi connectivity index (χ3v) is 4.59. The molecular formula is C24H20O5. The van der Waals surface area contributed by atoms with Crippen LogP contribution in [0, 0.1) is 0 Å². The molecule has 0 fully saturated rings. The lowest BCUT2D eigenvalue weighted by atomic mass is 10.1. The van der Waals surface area contributed by atoms with Gasteiger partial charge in [0.15, 0.2) is 5.76 Å². The van der Waals surface area contributed by atoms with Crippen LogP contribution < -0.4 is 18.9 Å². The Hall–Kier alpha value is -3.73. The Kier molecular flexibility index (Phi) is 5.20. The fourth-order valence-electron chi connectivity index (χ4n) is 3.08. The number of benzene rings is 3. The first-order chi connectivity index (χ1) is 14.2. The van der Waals surface area contributed by atoms with Crippen LogP contribution in [-0.4, -0.2) is 20.0 Å². The first-order valence-electron chi connectivity index (χ1n) is 9.15. The Balaban J connectivity index is 1.50. The van der Waals surface area contributed by atoms with E-state index in [0.717, 1.165) is 16.9 Å². The van der Waals surface area contributed by atoms with Gasteiger partial charge in [-0.1, -0.05) is 42.5 Å². The van der Waals surface area contributed by atoms with Crippen molar-refractivity contribution in [1.82, 2.24) is 0 Å². The number of hydrogen-bond donors (Lipinski definition) is 0. The molecule has 0 bridgehead atoms. The molecule has 0 atom stereocenters. The number of hydrogen-bond acceptors (Lipinski definition) is 5. The third kappa shape index (κ3) is 3.94. The predicted molar refractivity (Wildman–Crippen MR) is 110 cm³/mol. The maximum Gasteiger partial charge on any atom is 0.235 e. The molecule has 3 aromatic rings. The number of carbonyl (C=O) groups excluding carboxylic acids is 1. The van der Waals surface area contributed by atoms with Crippen LogP contribution in [0.25, 0.3) is 6.08 Å². The number of ether oxygens (including phenoxy) is 4. The molecule has 0 aliphatic carbocycles. The third-order valence-electron chi connectivity index (χ3n) is 4.59. The highest BCUT2D eigenvalue weighted by Gasteiger charge is 2.32. The zero-order valence-corrected chi connectivity index (χ0v) is 16.2. The summed E-state index contributed by atoms with van der Waals surface area (Å²) in [6.45, 7) is 0.500. The molecule has 0 unspecified atom stereocenters. The number of ketones is 1. The van der Waals surface area contributed by atoms with Crippen molar-refractivity contribution in [3.05, 3.63) is 89.2 Å². The van der Waals surface area contributed by atoms with Gasteiger partial charge >= 0.3 is 0 Å². The molecule has 5 heteroatoms. The van der Waals surface area contributed by atoms with Gasteiger partial charge in [-0.2, -0.15) is 0 Å². The van der Waals surface area contributed by atoms with E-state index in [-0.39, 0.29) is 11.5 Å². The minimum absolute atomic E-state index is 0.219. The highest BCUT2D eigenvalue weighted by molar-refractivity contribution is 6.16. The van der Waals surface area contributed by atoms with Crippen LogP contribution in [0.3, 0.4) is 0 Å². The van der Waals surface area contributed by atoms with Crippen LogP contribution >= 0.6 is 0 Å². The smallest absolute Gasteiger partial charge is 0.235 e. The van der Waals surface area contributed by atoms with Gasteiger partial charge in [0.25, 0.3) is 0 Å². The maximum absolute atomic E-state index is 12.8. The van der Waals surface area contributed by atoms with E-state index >= 15 is 0 Å². The van der Waals surface area contributed by atoms with Crippen LogP contribution in [0.4, 0.5) is 0 Å². The first-order valence-corrected chi connectivity index (χ1v) is 9.15. The van der Waals surface area contributed by atoms with Gasteiger partial charge in [0.1, 0.15) is 35.2 Å². The average Bonchev–Trinajstić information content (AvgIpc) is 3.08. The highest BCUT2D eigenvalue weighted by atomic mass is 16.5. The lowest BCUT2D eigenvalue weighted by Crippen LogP contribution is -2.00. The second kappa shape index (κ2) is 8.10. The highest BCUT2D eigenvalue weighted by Crippen LogP contribution is 2.41. The van der Waals surface area contributed by atoms with Crippen molar-refractivity contribution in [2.24, 2.45) is 0 Å². The van der Waals surface area contributed by atoms with Crippen molar-refractivity contribution >= 4 is 11.9 Å². The van der Waals surface area contributed by atoms with Crippen molar-refractivity contribution < 1.29 is 23.7 Å². The Morgan fingerprint density at radius 1 is 0.897 bits per heavy atom. The summed E-state index contributed by atoms with van der Waals surface area (Å²) in [7, 11) is 3.06. The van der Waals surface area contributed by atoms with E-state index in [2.05, 4.69) is 0 Å². The van der Waals surface area contributed by atoms with E-state index in [0.29, 0.717) is 29.4 Å². The van der Waals surface area contributed by atoms with Crippen LogP contribution in [-0.2, 0) is 6.61 Å². The number of Topliss-reactive ketones (excluding diaryl/α,β-unsaturated/α-hetero) is 1. The van der Waals surface area contributed by atoms with Gasteiger partial charge in [-0.05, 0) is 29.3 Å². The fraction of sp³-hybridized carbons (Fsp3) is 0.125. The molecule has 0 amide bonds. The molecule has 0 aromatic heterocycles. The Bertz CT molecular complexity index is 1050. The number of allylic oxidation sites excluding steroid dienone is 1. The van der Waals surface area contributed by atoms with E-state index in [4.69, 9.17) is 18.9 Å². The Morgan fingerprint density at radius 2 is 1.66 bits per heavy atom. The molecule has 0 N–H and O–H groups in total. The van der Waals surface area contributed by atoms with Crippen molar-refractivity contribution in [2.45, 2.75) is 6.61 Å². The zero-order valence-electron chi connectivity index (χ0n) is 16.2. The van der Waals surface area contributed by atoms with E-state index < -0.39 is 0 Å². The lowest BCUT2D eigenvalue weighted by Gasteiger charge is -2.07. The van der Waals surface area contributed by atoms with Crippen molar-refractivity contribution in [1.29, 1.82) is 0 Å². The molecule has 1 heterocycles.